The predicted molar refractivity (Wildman–Crippen MR) is 117 cm³/mol. The van der Waals surface area contributed by atoms with Gasteiger partial charge in [0.25, 0.3) is 0 Å². The molecule has 0 saturated heterocycles. The van der Waals surface area contributed by atoms with E-state index in [1.54, 1.807) is 14.1 Å². The van der Waals surface area contributed by atoms with Crippen LogP contribution in [0.4, 0.5) is 10.5 Å². The van der Waals surface area contributed by atoms with E-state index in [-0.39, 0.29) is 5.91 Å². The molecule has 8 nitrogen and oxygen atoms in total. The highest BCUT2D eigenvalue weighted by atomic mass is 16.6. The molecule has 0 aromatic heterocycles. The molecule has 1 aromatic rings. The minimum Gasteiger partial charge on any atom is -0.444 e. The summed E-state index contributed by atoms with van der Waals surface area (Å²) < 4.78 is 5.24. The number of carbonyl (C=O) groups is 2. The lowest BCUT2D eigenvalue weighted by Gasteiger charge is -2.24. The lowest BCUT2D eigenvalue weighted by Crippen LogP contribution is -2.47. The van der Waals surface area contributed by atoms with Crippen LogP contribution < -0.4 is 21.3 Å². The summed E-state index contributed by atoms with van der Waals surface area (Å²) in [6.45, 7) is 10.4. The van der Waals surface area contributed by atoms with Crippen molar-refractivity contribution >= 4 is 23.6 Å². The number of nitrogens with one attached hydrogen (secondary N) is 4. The SMILES string of the molecule is CN=C(NCCc1ccc(NC(=O)OC(C)(C)C)cc1)NCC(C)(C)C(=O)NC. The van der Waals surface area contributed by atoms with Gasteiger partial charge < -0.3 is 20.7 Å². The van der Waals surface area contributed by atoms with E-state index in [9.17, 15) is 9.59 Å². The molecule has 8 heteroatoms. The van der Waals surface area contributed by atoms with Crippen LogP contribution in [-0.2, 0) is 16.0 Å². The Bertz CT molecular complexity index is 706. The summed E-state index contributed by atoms with van der Waals surface area (Å²) in [6, 6.07) is 7.61. The van der Waals surface area contributed by atoms with Gasteiger partial charge in [-0.15, -0.1) is 0 Å². The molecule has 4 N–H and O–H groups in total. The zero-order valence-electron chi connectivity index (χ0n) is 18.6. The molecule has 0 saturated carbocycles. The minimum absolute atomic E-state index is 0.0273. The van der Waals surface area contributed by atoms with Gasteiger partial charge in [-0.3, -0.25) is 15.1 Å². The van der Waals surface area contributed by atoms with Crippen molar-refractivity contribution in [2.45, 2.75) is 46.6 Å². The van der Waals surface area contributed by atoms with Crippen molar-refractivity contribution < 1.29 is 14.3 Å². The first-order valence-corrected chi connectivity index (χ1v) is 9.72. The number of nitrogens with zero attached hydrogens (tertiary/aromatic N) is 1. The molecule has 0 atom stereocenters. The normalized spacial score (nSPS) is 12.2. The second-order valence-electron chi connectivity index (χ2n) is 8.39. The Balaban J connectivity index is 2.45. The van der Waals surface area contributed by atoms with Gasteiger partial charge in [0.1, 0.15) is 5.60 Å². The summed E-state index contributed by atoms with van der Waals surface area (Å²) in [5.41, 5.74) is 0.736. The van der Waals surface area contributed by atoms with Gasteiger partial charge in [-0.1, -0.05) is 12.1 Å². The third-order valence-corrected chi connectivity index (χ3v) is 4.07. The summed E-state index contributed by atoms with van der Waals surface area (Å²) in [5.74, 6) is 0.616. The van der Waals surface area contributed by atoms with Crippen molar-refractivity contribution in [2.75, 3.05) is 32.5 Å². The van der Waals surface area contributed by atoms with E-state index < -0.39 is 17.1 Å². The quantitative estimate of drug-likeness (QED) is 0.412. The highest BCUT2D eigenvalue weighted by molar-refractivity contribution is 5.85. The Morgan fingerprint density at radius 3 is 2.17 bits per heavy atom. The van der Waals surface area contributed by atoms with Gasteiger partial charge in [0, 0.05) is 32.9 Å². The number of hydrogen-bond donors (Lipinski definition) is 4. The average Bonchev–Trinajstić information content (AvgIpc) is 2.63. The van der Waals surface area contributed by atoms with Gasteiger partial charge in [0.05, 0.1) is 5.41 Å². The molecule has 0 aliphatic carbocycles. The van der Waals surface area contributed by atoms with Crippen LogP contribution in [0.3, 0.4) is 0 Å². The van der Waals surface area contributed by atoms with Crippen molar-refractivity contribution in [1.82, 2.24) is 16.0 Å². The smallest absolute Gasteiger partial charge is 0.412 e. The van der Waals surface area contributed by atoms with E-state index in [0.29, 0.717) is 24.7 Å². The van der Waals surface area contributed by atoms with E-state index in [1.165, 1.54) is 0 Å². The lowest BCUT2D eigenvalue weighted by molar-refractivity contribution is -0.128. The minimum atomic E-state index is -0.538. The number of guanidine groups is 1. The first-order chi connectivity index (χ1) is 13.5. The van der Waals surface area contributed by atoms with E-state index in [2.05, 4.69) is 26.3 Å². The molecule has 0 radical (unpaired) electrons. The summed E-state index contributed by atoms with van der Waals surface area (Å²) in [4.78, 5) is 27.8. The fourth-order valence-corrected chi connectivity index (χ4v) is 2.45. The van der Waals surface area contributed by atoms with Crippen LogP contribution in [-0.4, -0.2) is 50.7 Å². The van der Waals surface area contributed by atoms with E-state index in [1.807, 2.05) is 58.9 Å². The van der Waals surface area contributed by atoms with Crippen LogP contribution in [0.5, 0.6) is 0 Å². The van der Waals surface area contributed by atoms with Crippen molar-refractivity contribution in [3.63, 3.8) is 0 Å². The van der Waals surface area contributed by atoms with Crippen LogP contribution in [0.25, 0.3) is 0 Å². The number of benzene rings is 1. The molecule has 29 heavy (non-hydrogen) atoms. The van der Waals surface area contributed by atoms with Crippen LogP contribution >= 0.6 is 0 Å². The Kier molecular flexibility index (Phi) is 8.94. The third kappa shape index (κ3) is 9.32. The van der Waals surface area contributed by atoms with E-state index in [0.717, 1.165) is 12.0 Å². The molecule has 162 valence electrons. The second kappa shape index (κ2) is 10.7. The van der Waals surface area contributed by atoms with Gasteiger partial charge in [0.15, 0.2) is 5.96 Å². The molecule has 1 aromatic carbocycles. The van der Waals surface area contributed by atoms with Gasteiger partial charge in [-0.2, -0.15) is 0 Å². The zero-order chi connectivity index (χ0) is 22.1. The summed E-state index contributed by atoms with van der Waals surface area (Å²) in [6.07, 6.45) is 0.313. The Hall–Kier alpha value is -2.77. The summed E-state index contributed by atoms with van der Waals surface area (Å²) in [5, 5.41) is 11.8. The van der Waals surface area contributed by atoms with Crippen LogP contribution in [0.2, 0.25) is 0 Å². The number of hydrogen-bond acceptors (Lipinski definition) is 4. The number of amides is 2. The van der Waals surface area contributed by atoms with Crippen LogP contribution in [0, 0.1) is 5.41 Å². The molecule has 0 aliphatic heterocycles. The number of rotatable bonds is 7. The molecule has 0 fully saturated rings. The zero-order valence-corrected chi connectivity index (χ0v) is 18.6. The van der Waals surface area contributed by atoms with Crippen molar-refractivity contribution in [1.29, 1.82) is 0 Å². The monoisotopic (exact) mass is 405 g/mol. The molecule has 0 heterocycles. The standard InChI is InChI=1S/C21H35N5O3/c1-20(2,3)29-19(28)26-16-10-8-15(9-11-16)12-13-24-18(23-7)25-14-21(4,5)17(27)22-6/h8-11H,12-14H2,1-7H3,(H,22,27)(H,26,28)(H2,23,24,25). The number of anilines is 1. The lowest BCUT2D eigenvalue weighted by atomic mass is 9.92. The molecule has 0 aliphatic rings. The predicted octanol–water partition coefficient (Wildman–Crippen LogP) is 2.51. The third-order valence-electron chi connectivity index (χ3n) is 4.07. The molecule has 0 bridgehead atoms. The first kappa shape index (κ1) is 24.3. The van der Waals surface area contributed by atoms with Crippen molar-refractivity contribution in [3.8, 4) is 0 Å². The molecular formula is C21H35N5O3. The van der Waals surface area contributed by atoms with Gasteiger partial charge >= 0.3 is 6.09 Å². The maximum absolute atomic E-state index is 11.9. The molecular weight excluding hydrogens is 370 g/mol. The largest absolute Gasteiger partial charge is 0.444 e. The highest BCUT2D eigenvalue weighted by Crippen LogP contribution is 2.14. The number of aliphatic imine (C=N–C) groups is 1. The number of carbonyl (C=O) groups excluding carboxylic acids is 2. The van der Waals surface area contributed by atoms with Crippen LogP contribution in [0.15, 0.2) is 29.3 Å². The van der Waals surface area contributed by atoms with Gasteiger partial charge in [-0.25, -0.2) is 4.79 Å². The molecule has 0 unspecified atom stereocenters. The Labute approximate surface area is 173 Å². The topological polar surface area (TPSA) is 104 Å². The fourth-order valence-electron chi connectivity index (χ4n) is 2.45. The Morgan fingerprint density at radius 1 is 1.03 bits per heavy atom. The van der Waals surface area contributed by atoms with Crippen molar-refractivity contribution in [3.05, 3.63) is 29.8 Å². The first-order valence-electron chi connectivity index (χ1n) is 9.72. The summed E-state index contributed by atoms with van der Waals surface area (Å²) in [7, 11) is 3.32. The molecule has 2 amide bonds. The fraction of sp³-hybridized carbons (Fsp3) is 0.571. The highest BCUT2D eigenvalue weighted by Gasteiger charge is 2.26. The Morgan fingerprint density at radius 2 is 1.66 bits per heavy atom. The van der Waals surface area contributed by atoms with Crippen LogP contribution in [0.1, 0.15) is 40.2 Å². The summed E-state index contributed by atoms with van der Waals surface area (Å²) >= 11 is 0. The van der Waals surface area contributed by atoms with E-state index in [4.69, 9.17) is 4.74 Å². The second-order valence-corrected chi connectivity index (χ2v) is 8.39. The maximum atomic E-state index is 11.9. The van der Waals surface area contributed by atoms with Crippen molar-refractivity contribution in [2.24, 2.45) is 10.4 Å². The van der Waals surface area contributed by atoms with Gasteiger partial charge in [-0.05, 0) is 58.7 Å². The number of ether oxygens (including phenoxy) is 1. The molecule has 0 spiro atoms. The average molecular weight is 406 g/mol. The van der Waals surface area contributed by atoms with Gasteiger partial charge in [0.2, 0.25) is 5.91 Å². The van der Waals surface area contributed by atoms with E-state index >= 15 is 0 Å². The molecule has 1 rings (SSSR count). The maximum Gasteiger partial charge on any atom is 0.412 e.